The summed E-state index contributed by atoms with van der Waals surface area (Å²) in [6.07, 6.45) is 3.62. The summed E-state index contributed by atoms with van der Waals surface area (Å²) in [5, 5.41) is 20.5. The van der Waals surface area contributed by atoms with Crippen molar-refractivity contribution in [3.63, 3.8) is 0 Å². The summed E-state index contributed by atoms with van der Waals surface area (Å²) in [4.78, 5) is 27.0. The lowest BCUT2D eigenvalue weighted by atomic mass is 9.97. The van der Waals surface area contributed by atoms with E-state index in [0.717, 1.165) is 41.9 Å². The van der Waals surface area contributed by atoms with Crippen LogP contribution in [0.25, 0.3) is 5.78 Å². The number of anilines is 1. The van der Waals surface area contributed by atoms with Crippen LogP contribution in [-0.4, -0.2) is 41.4 Å². The number of nitrogens with one attached hydrogen (secondary N) is 2. The van der Waals surface area contributed by atoms with Gasteiger partial charge in [-0.3, -0.25) is 24.3 Å². The van der Waals surface area contributed by atoms with Gasteiger partial charge < -0.3 is 0 Å². The molecule has 0 atom stereocenters. The van der Waals surface area contributed by atoms with Crippen molar-refractivity contribution in [3.8, 4) is 0 Å². The summed E-state index contributed by atoms with van der Waals surface area (Å²) in [6, 6.07) is 0. The van der Waals surface area contributed by atoms with Crippen LogP contribution >= 0.6 is 23.1 Å². The molecule has 0 aromatic carbocycles. The number of thioether (sulfide) groups is 1. The van der Waals surface area contributed by atoms with Gasteiger partial charge in [-0.15, -0.1) is 20.4 Å². The van der Waals surface area contributed by atoms with E-state index < -0.39 is 0 Å². The first-order chi connectivity index (χ1) is 12.1. The quantitative estimate of drug-likeness (QED) is 0.656. The molecule has 0 saturated heterocycles. The van der Waals surface area contributed by atoms with Crippen LogP contribution < -0.4 is 10.9 Å². The van der Waals surface area contributed by atoms with Crippen LogP contribution in [-0.2, 0) is 17.6 Å². The second-order valence-electron chi connectivity index (χ2n) is 5.69. The van der Waals surface area contributed by atoms with E-state index in [4.69, 9.17) is 0 Å². The first-order valence-electron chi connectivity index (χ1n) is 7.84. The van der Waals surface area contributed by atoms with Crippen molar-refractivity contribution in [1.82, 2.24) is 29.8 Å². The minimum Gasteiger partial charge on any atom is -0.300 e. The van der Waals surface area contributed by atoms with Gasteiger partial charge in [0.2, 0.25) is 16.8 Å². The fourth-order valence-electron chi connectivity index (χ4n) is 2.88. The third-order valence-electron chi connectivity index (χ3n) is 3.95. The summed E-state index contributed by atoms with van der Waals surface area (Å²) in [5.74, 6) is 0.414. The number of aryl methyl sites for hydroxylation is 2. The zero-order chi connectivity index (χ0) is 17.4. The number of nitrogens with zero attached hydrogens (tertiary/aromatic N) is 5. The molecule has 1 aliphatic carbocycles. The minimum absolute atomic E-state index is 0.0875. The van der Waals surface area contributed by atoms with Gasteiger partial charge in [0, 0.05) is 11.3 Å². The molecular weight excluding hydrogens is 362 g/mol. The molecule has 0 fully saturated rings. The number of hydrogen-bond acceptors (Lipinski definition) is 8. The molecule has 3 aromatic heterocycles. The van der Waals surface area contributed by atoms with Gasteiger partial charge in [-0.05, 0) is 32.6 Å². The lowest BCUT2D eigenvalue weighted by molar-refractivity contribution is -0.113. The highest BCUT2D eigenvalue weighted by molar-refractivity contribution is 7.99. The predicted molar refractivity (Wildman–Crippen MR) is 94.2 cm³/mol. The molecule has 0 bridgehead atoms. The number of carbonyl (C=O) groups excluding carboxylic acids is 1. The number of amides is 1. The van der Waals surface area contributed by atoms with E-state index in [1.165, 1.54) is 23.1 Å². The van der Waals surface area contributed by atoms with Gasteiger partial charge in [-0.25, -0.2) is 0 Å². The zero-order valence-corrected chi connectivity index (χ0v) is 15.0. The molecular formula is C14H15N7O2S2. The van der Waals surface area contributed by atoms with E-state index in [1.807, 2.05) is 11.3 Å². The van der Waals surface area contributed by atoms with E-state index in [-0.39, 0.29) is 17.2 Å². The molecule has 1 amide bonds. The zero-order valence-electron chi connectivity index (χ0n) is 13.4. The highest BCUT2D eigenvalue weighted by atomic mass is 32.2. The number of fused-ring (bicyclic) bond motifs is 3. The maximum absolute atomic E-state index is 12.1. The van der Waals surface area contributed by atoms with Crippen molar-refractivity contribution in [2.75, 3.05) is 11.1 Å². The Kier molecular flexibility index (Phi) is 4.25. The average molecular weight is 377 g/mol. The van der Waals surface area contributed by atoms with Gasteiger partial charge in [0.1, 0.15) is 5.01 Å². The van der Waals surface area contributed by atoms with Crippen molar-refractivity contribution in [3.05, 3.63) is 26.6 Å². The number of aromatic nitrogens is 6. The molecule has 0 unspecified atom stereocenters. The Morgan fingerprint density at radius 3 is 2.92 bits per heavy atom. The van der Waals surface area contributed by atoms with E-state index in [0.29, 0.717) is 16.1 Å². The molecule has 1 aliphatic rings. The van der Waals surface area contributed by atoms with Crippen molar-refractivity contribution in [1.29, 1.82) is 0 Å². The first kappa shape index (κ1) is 16.2. The van der Waals surface area contributed by atoms with E-state index >= 15 is 0 Å². The molecule has 0 aliphatic heterocycles. The lowest BCUT2D eigenvalue weighted by Gasteiger charge is -2.16. The van der Waals surface area contributed by atoms with E-state index in [1.54, 1.807) is 0 Å². The van der Waals surface area contributed by atoms with Crippen LogP contribution in [0.5, 0.6) is 0 Å². The normalized spacial score (nSPS) is 13.8. The molecule has 3 heterocycles. The third-order valence-corrected chi connectivity index (χ3v) is 5.63. The second-order valence-corrected chi connectivity index (χ2v) is 7.82. The Hall–Kier alpha value is -2.27. The Balaban J connectivity index is 1.55. The molecule has 4 rings (SSSR count). The van der Waals surface area contributed by atoms with Gasteiger partial charge in [-0.2, -0.15) is 0 Å². The van der Waals surface area contributed by atoms with Gasteiger partial charge in [0.25, 0.3) is 5.56 Å². The summed E-state index contributed by atoms with van der Waals surface area (Å²) >= 11 is 2.61. The molecule has 0 radical (unpaired) electrons. The fourth-order valence-corrected chi connectivity index (χ4v) is 4.24. The predicted octanol–water partition coefficient (Wildman–Crippen LogP) is 1.19. The largest absolute Gasteiger partial charge is 0.300 e. The molecule has 2 N–H and O–H groups in total. The van der Waals surface area contributed by atoms with Crippen LogP contribution in [0.2, 0.25) is 0 Å². The summed E-state index contributed by atoms with van der Waals surface area (Å²) in [6.45, 7) is 1.83. The van der Waals surface area contributed by atoms with Gasteiger partial charge >= 0.3 is 0 Å². The van der Waals surface area contributed by atoms with Crippen LogP contribution in [0.15, 0.2) is 9.95 Å². The molecule has 11 heteroatoms. The Labute approximate surface area is 150 Å². The third kappa shape index (κ3) is 3.16. The smallest absolute Gasteiger partial charge is 0.255 e. The standard InChI is InChI=1S/C14H15N7O2S2/c1-7-17-19-13(25-7)15-10(22)6-24-14-20-18-12-16-11(23)8-4-2-3-5-9(8)21(12)14/h2-6H2,1H3,(H,15,19,22)(H,16,18,23). The Morgan fingerprint density at radius 2 is 2.12 bits per heavy atom. The van der Waals surface area contributed by atoms with E-state index in [9.17, 15) is 9.59 Å². The molecule has 0 spiro atoms. The number of aromatic amines is 1. The molecule has 130 valence electrons. The molecule has 9 nitrogen and oxygen atoms in total. The number of H-pyrrole nitrogens is 1. The Morgan fingerprint density at radius 1 is 1.28 bits per heavy atom. The lowest BCUT2D eigenvalue weighted by Crippen LogP contribution is -2.23. The van der Waals surface area contributed by atoms with Crippen LogP contribution in [0.3, 0.4) is 0 Å². The number of hydrogen-bond donors (Lipinski definition) is 2. The molecule has 3 aromatic rings. The highest BCUT2D eigenvalue weighted by Gasteiger charge is 2.20. The van der Waals surface area contributed by atoms with Crippen molar-refractivity contribution in [2.45, 2.75) is 37.8 Å². The second kappa shape index (κ2) is 6.56. The summed E-state index contributed by atoms with van der Waals surface area (Å²) in [7, 11) is 0. The Bertz CT molecular complexity index is 1010. The maximum Gasteiger partial charge on any atom is 0.255 e. The summed E-state index contributed by atoms with van der Waals surface area (Å²) < 4.78 is 1.86. The first-order valence-corrected chi connectivity index (χ1v) is 9.64. The monoisotopic (exact) mass is 377 g/mol. The maximum atomic E-state index is 12.1. The van der Waals surface area contributed by atoms with Gasteiger partial charge in [-0.1, -0.05) is 23.1 Å². The van der Waals surface area contributed by atoms with Crippen molar-refractivity contribution >= 4 is 39.9 Å². The van der Waals surface area contributed by atoms with Gasteiger partial charge in [0.15, 0.2) is 5.16 Å². The van der Waals surface area contributed by atoms with Crippen LogP contribution in [0, 0.1) is 6.92 Å². The van der Waals surface area contributed by atoms with Crippen LogP contribution in [0.4, 0.5) is 5.13 Å². The topological polar surface area (TPSA) is 118 Å². The fraction of sp³-hybridized carbons (Fsp3) is 0.429. The SMILES string of the molecule is Cc1nnc(NC(=O)CSc2nnc3[nH]c(=O)c4c(n23)CCCC4)s1. The van der Waals surface area contributed by atoms with E-state index in [2.05, 4.69) is 30.7 Å². The van der Waals surface area contributed by atoms with Crippen molar-refractivity contribution < 1.29 is 4.79 Å². The average Bonchev–Trinajstić information content (AvgIpc) is 3.19. The highest BCUT2D eigenvalue weighted by Crippen LogP contribution is 2.24. The molecule has 25 heavy (non-hydrogen) atoms. The van der Waals surface area contributed by atoms with Crippen LogP contribution in [0.1, 0.15) is 29.1 Å². The van der Waals surface area contributed by atoms with Gasteiger partial charge in [0.05, 0.1) is 5.75 Å². The number of rotatable bonds is 4. The minimum atomic E-state index is -0.184. The number of carbonyl (C=O) groups is 1. The van der Waals surface area contributed by atoms with Crippen molar-refractivity contribution in [2.24, 2.45) is 0 Å². The summed E-state index contributed by atoms with van der Waals surface area (Å²) in [5.41, 5.74) is 1.67. The molecule has 0 saturated carbocycles.